The van der Waals surface area contributed by atoms with Crippen molar-refractivity contribution in [3.63, 3.8) is 0 Å². The van der Waals surface area contributed by atoms with E-state index in [1.54, 1.807) is 0 Å². The first kappa shape index (κ1) is 11.0. The van der Waals surface area contributed by atoms with Crippen molar-refractivity contribution < 1.29 is 5.32 Å². The average molecular weight is 223 g/mol. The minimum absolute atomic E-state index is 0.526. The minimum atomic E-state index is 0.526. The van der Waals surface area contributed by atoms with Crippen LogP contribution in [0.4, 0.5) is 0 Å². The second kappa shape index (κ2) is 4.66. The lowest BCUT2D eigenvalue weighted by Gasteiger charge is -2.45. The van der Waals surface area contributed by atoms with Crippen molar-refractivity contribution in [3.05, 3.63) is 0 Å². The predicted molar refractivity (Wildman–Crippen MR) is 66.0 cm³/mol. The van der Waals surface area contributed by atoms with Gasteiger partial charge in [0.2, 0.25) is 0 Å². The zero-order chi connectivity index (χ0) is 11.0. The number of hydrogen-bond donors (Lipinski definition) is 2. The van der Waals surface area contributed by atoms with Crippen LogP contribution in [0, 0.1) is 11.8 Å². The highest BCUT2D eigenvalue weighted by Gasteiger charge is 2.46. The predicted octanol–water partition coefficient (Wildman–Crippen LogP) is 1.40. The molecule has 3 rings (SSSR count). The van der Waals surface area contributed by atoms with Crippen LogP contribution < -0.4 is 11.1 Å². The van der Waals surface area contributed by atoms with Crippen LogP contribution in [0.1, 0.15) is 57.8 Å². The molecule has 0 aromatic heterocycles. The normalized spacial score (nSPS) is 48.9. The van der Waals surface area contributed by atoms with Crippen LogP contribution in [0.5, 0.6) is 0 Å². The van der Waals surface area contributed by atoms with Crippen LogP contribution >= 0.6 is 0 Å². The second-order valence-electron chi connectivity index (χ2n) is 6.35. The van der Waals surface area contributed by atoms with Crippen LogP contribution in [0.3, 0.4) is 0 Å². The third-order valence-electron chi connectivity index (χ3n) is 5.48. The summed E-state index contributed by atoms with van der Waals surface area (Å²) in [7, 11) is 0. The number of hydrogen-bond acceptors (Lipinski definition) is 1. The van der Waals surface area contributed by atoms with Crippen molar-refractivity contribution in [2.24, 2.45) is 17.6 Å². The Morgan fingerprint density at radius 1 is 0.688 bits per heavy atom. The van der Waals surface area contributed by atoms with Gasteiger partial charge in [0.1, 0.15) is 0 Å². The molecule has 0 radical (unpaired) electrons. The van der Waals surface area contributed by atoms with Gasteiger partial charge in [-0.3, -0.25) is 0 Å². The number of fused-ring (bicyclic) bond motifs is 2. The molecule has 4 N–H and O–H groups in total. The molecule has 2 saturated carbocycles. The highest BCUT2D eigenvalue weighted by atomic mass is 15.0. The molecule has 0 aromatic rings. The first-order valence-corrected chi connectivity index (χ1v) is 7.47. The molecule has 3 fully saturated rings. The lowest BCUT2D eigenvalue weighted by molar-refractivity contribution is -0.747. The van der Waals surface area contributed by atoms with Gasteiger partial charge >= 0.3 is 0 Å². The van der Waals surface area contributed by atoms with Crippen LogP contribution in [-0.2, 0) is 0 Å². The van der Waals surface area contributed by atoms with Gasteiger partial charge in [-0.1, -0.05) is 19.3 Å². The van der Waals surface area contributed by atoms with Gasteiger partial charge in [-0.25, -0.2) is 0 Å². The zero-order valence-electron chi connectivity index (χ0n) is 10.4. The third-order valence-corrected chi connectivity index (χ3v) is 5.48. The molecule has 1 saturated heterocycles. The zero-order valence-corrected chi connectivity index (χ0v) is 10.4. The number of quaternary nitrogens is 1. The third kappa shape index (κ3) is 1.91. The maximum atomic E-state index is 6.59. The maximum absolute atomic E-state index is 6.59. The van der Waals surface area contributed by atoms with Gasteiger partial charge in [0.15, 0.2) is 0 Å². The molecular weight excluding hydrogens is 196 g/mol. The van der Waals surface area contributed by atoms with Crippen LogP contribution in [0.15, 0.2) is 0 Å². The molecule has 0 bridgehead atoms. The van der Waals surface area contributed by atoms with E-state index in [0.29, 0.717) is 6.04 Å². The molecule has 0 aromatic carbocycles. The molecule has 5 atom stereocenters. The van der Waals surface area contributed by atoms with E-state index in [1.807, 2.05) is 0 Å². The summed E-state index contributed by atoms with van der Waals surface area (Å²) in [6, 6.07) is 2.28. The SMILES string of the molecule is NC1C2CCCCCC2[NH2+]C2CCCCC21. The summed E-state index contributed by atoms with van der Waals surface area (Å²) in [5, 5.41) is 2.74. The van der Waals surface area contributed by atoms with E-state index in [1.165, 1.54) is 57.8 Å². The Labute approximate surface area is 99.4 Å². The van der Waals surface area contributed by atoms with Crippen molar-refractivity contribution in [1.82, 2.24) is 0 Å². The maximum Gasteiger partial charge on any atom is 0.0904 e. The summed E-state index contributed by atoms with van der Waals surface area (Å²) in [6.45, 7) is 0. The Kier molecular flexibility index (Phi) is 3.21. The summed E-state index contributed by atoms with van der Waals surface area (Å²) in [5.41, 5.74) is 6.59. The molecule has 16 heavy (non-hydrogen) atoms. The summed E-state index contributed by atoms with van der Waals surface area (Å²) < 4.78 is 0. The Balaban J connectivity index is 1.76. The molecule has 2 aliphatic carbocycles. The van der Waals surface area contributed by atoms with Gasteiger partial charge in [-0.2, -0.15) is 0 Å². The van der Waals surface area contributed by atoms with Crippen molar-refractivity contribution >= 4 is 0 Å². The van der Waals surface area contributed by atoms with E-state index < -0.39 is 0 Å². The van der Waals surface area contributed by atoms with Crippen molar-refractivity contribution in [2.75, 3.05) is 0 Å². The van der Waals surface area contributed by atoms with E-state index in [2.05, 4.69) is 5.32 Å². The molecule has 1 aliphatic heterocycles. The molecule has 92 valence electrons. The topological polar surface area (TPSA) is 42.6 Å². The van der Waals surface area contributed by atoms with Crippen molar-refractivity contribution in [3.8, 4) is 0 Å². The van der Waals surface area contributed by atoms with Crippen molar-refractivity contribution in [1.29, 1.82) is 0 Å². The van der Waals surface area contributed by atoms with Gasteiger partial charge in [0, 0.05) is 17.9 Å². The number of piperidine rings is 1. The fourth-order valence-electron chi connectivity index (χ4n) is 4.62. The van der Waals surface area contributed by atoms with Crippen LogP contribution in [0.2, 0.25) is 0 Å². The monoisotopic (exact) mass is 223 g/mol. The van der Waals surface area contributed by atoms with E-state index in [0.717, 1.165) is 23.9 Å². The van der Waals surface area contributed by atoms with Gasteiger partial charge in [0.25, 0.3) is 0 Å². The highest BCUT2D eigenvalue weighted by molar-refractivity contribution is 4.93. The molecular formula is C14H27N2+. The fourth-order valence-corrected chi connectivity index (χ4v) is 4.62. The second-order valence-corrected chi connectivity index (χ2v) is 6.35. The Morgan fingerprint density at radius 2 is 1.19 bits per heavy atom. The first-order valence-electron chi connectivity index (χ1n) is 7.47. The molecule has 1 heterocycles. The van der Waals surface area contributed by atoms with E-state index in [4.69, 9.17) is 5.73 Å². The lowest BCUT2D eigenvalue weighted by atomic mass is 9.69. The largest absolute Gasteiger partial charge is 0.341 e. The van der Waals surface area contributed by atoms with E-state index in [-0.39, 0.29) is 0 Å². The quantitative estimate of drug-likeness (QED) is 0.640. The lowest BCUT2D eigenvalue weighted by Crippen LogP contribution is -3.01. The summed E-state index contributed by atoms with van der Waals surface area (Å²) in [5.74, 6) is 1.68. The summed E-state index contributed by atoms with van der Waals surface area (Å²) in [6.07, 6.45) is 12.9. The smallest absolute Gasteiger partial charge is 0.0904 e. The minimum Gasteiger partial charge on any atom is -0.341 e. The molecule has 0 amide bonds. The van der Waals surface area contributed by atoms with Gasteiger partial charge in [-0.05, 0) is 38.5 Å². The van der Waals surface area contributed by atoms with Crippen LogP contribution in [0.25, 0.3) is 0 Å². The van der Waals surface area contributed by atoms with Gasteiger partial charge in [-0.15, -0.1) is 0 Å². The summed E-state index contributed by atoms with van der Waals surface area (Å²) >= 11 is 0. The fraction of sp³-hybridized carbons (Fsp3) is 1.00. The van der Waals surface area contributed by atoms with Gasteiger partial charge < -0.3 is 11.1 Å². The molecule has 2 heteroatoms. The van der Waals surface area contributed by atoms with Crippen LogP contribution in [-0.4, -0.2) is 18.1 Å². The Morgan fingerprint density at radius 3 is 1.88 bits per heavy atom. The summed E-state index contributed by atoms with van der Waals surface area (Å²) in [4.78, 5) is 0. The first-order chi connectivity index (χ1) is 7.86. The standard InChI is InChI=1S/C14H26N2/c15-14-10-6-2-1-3-8-12(10)16-13-9-5-4-7-11(13)14/h10-14,16H,1-9,15H2/p+1. The van der Waals surface area contributed by atoms with E-state index in [9.17, 15) is 0 Å². The van der Waals surface area contributed by atoms with Gasteiger partial charge in [0.05, 0.1) is 12.1 Å². The molecule has 5 unspecified atom stereocenters. The molecule has 2 nitrogen and oxygen atoms in total. The van der Waals surface area contributed by atoms with E-state index >= 15 is 0 Å². The highest BCUT2D eigenvalue weighted by Crippen LogP contribution is 2.35. The Hall–Kier alpha value is -0.0800. The Bertz CT molecular complexity index is 241. The van der Waals surface area contributed by atoms with Crippen molar-refractivity contribution in [2.45, 2.75) is 75.9 Å². The number of nitrogens with two attached hydrogens (primary N) is 2. The molecule has 3 aliphatic rings. The average Bonchev–Trinajstić information content (AvgIpc) is 2.55. The molecule has 0 spiro atoms. The number of rotatable bonds is 0.